The molecule has 5 aromatic rings. The number of hydrogen-bond acceptors (Lipinski definition) is 7. The van der Waals surface area contributed by atoms with Gasteiger partial charge in [0.2, 0.25) is 0 Å². The zero-order chi connectivity index (χ0) is 33.8. The van der Waals surface area contributed by atoms with Gasteiger partial charge >= 0.3 is 5.97 Å². The second kappa shape index (κ2) is 14.7. The lowest BCUT2D eigenvalue weighted by Gasteiger charge is -2.42. The highest BCUT2D eigenvalue weighted by molar-refractivity contribution is 6.02. The molecule has 1 fully saturated rings. The molecule has 5 atom stereocenters. The smallest absolute Gasteiger partial charge is 0.303 e. The fourth-order valence-electron chi connectivity index (χ4n) is 6.56. The minimum absolute atomic E-state index is 0.000373. The first-order valence-corrected chi connectivity index (χ1v) is 16.4. The number of nitrogens with zero attached hydrogens (tertiary/aromatic N) is 1. The fourth-order valence-corrected chi connectivity index (χ4v) is 6.56. The van der Waals surface area contributed by atoms with Crippen molar-refractivity contribution < 1.29 is 28.9 Å². The summed E-state index contributed by atoms with van der Waals surface area (Å²) >= 11 is 0. The van der Waals surface area contributed by atoms with Crippen LogP contribution in [0, 0.1) is 5.92 Å². The predicted octanol–water partition coefficient (Wildman–Crippen LogP) is 7.30. The van der Waals surface area contributed by atoms with Crippen molar-refractivity contribution in [2.75, 3.05) is 18.9 Å². The Morgan fingerprint density at radius 1 is 0.875 bits per heavy atom. The summed E-state index contributed by atoms with van der Waals surface area (Å²) in [6.45, 7) is 6.31. The quantitative estimate of drug-likeness (QED) is 0.121. The summed E-state index contributed by atoms with van der Waals surface area (Å²) in [4.78, 5) is 26.4. The zero-order valence-electron chi connectivity index (χ0n) is 27.8. The van der Waals surface area contributed by atoms with E-state index in [1.54, 1.807) is 6.07 Å². The monoisotopic (exact) mass is 646 g/mol. The maximum absolute atomic E-state index is 12.7. The summed E-state index contributed by atoms with van der Waals surface area (Å²) in [5.74, 6) is -0.948. The summed E-state index contributed by atoms with van der Waals surface area (Å²) in [5, 5.41) is 17.4. The van der Waals surface area contributed by atoms with Crippen molar-refractivity contribution in [3.63, 3.8) is 0 Å². The van der Waals surface area contributed by atoms with Crippen molar-refractivity contribution in [1.29, 1.82) is 0 Å². The molecule has 0 bridgehead atoms. The molecule has 2 N–H and O–H groups in total. The topological polar surface area (TPSA) is 97.3 Å². The van der Waals surface area contributed by atoms with E-state index in [1.165, 1.54) is 41.0 Å². The van der Waals surface area contributed by atoms with Crippen molar-refractivity contribution in [2.45, 2.75) is 58.5 Å². The van der Waals surface area contributed by atoms with Crippen LogP contribution in [0.3, 0.4) is 0 Å². The Morgan fingerprint density at radius 3 is 2.19 bits per heavy atom. The van der Waals surface area contributed by atoms with E-state index in [-0.39, 0.29) is 24.7 Å². The number of aliphatic hydroxyl groups excluding tert-OH is 1. The van der Waals surface area contributed by atoms with Crippen LogP contribution in [0.1, 0.15) is 55.4 Å². The standard InChI is InChI=1S/C40H42N2O6/c1-25-37(23-42(4)22-36-34-14-7-5-10-30(34)20-31-11-6-8-15-35(31)36)47-40(48-38(25)29-18-16-28(24-43)17-19-29)32-12-9-13-33(21-32)41-39(45)26(2)46-27(3)44/h5-21,25-26,37-38,40,43H,22-24H2,1-4H3,(H,41,45)/t25-,26-,37+,38+,40?/m0/s1. The van der Waals surface area contributed by atoms with E-state index in [9.17, 15) is 14.7 Å². The van der Waals surface area contributed by atoms with Crippen molar-refractivity contribution in [2.24, 2.45) is 5.92 Å². The summed E-state index contributed by atoms with van der Waals surface area (Å²) in [6.07, 6.45) is -2.11. The third-order valence-corrected chi connectivity index (χ3v) is 9.06. The van der Waals surface area contributed by atoms with Crippen LogP contribution in [0.25, 0.3) is 21.5 Å². The zero-order valence-corrected chi connectivity index (χ0v) is 27.8. The summed E-state index contributed by atoms with van der Waals surface area (Å²) in [7, 11) is 2.13. The van der Waals surface area contributed by atoms with Crippen LogP contribution in [0.2, 0.25) is 0 Å². The average Bonchev–Trinajstić information content (AvgIpc) is 3.09. The molecule has 1 aliphatic heterocycles. The Balaban J connectivity index is 1.28. The normalized spacial score (nSPS) is 20.1. The van der Waals surface area contributed by atoms with E-state index in [0.717, 1.165) is 23.2 Å². The number of hydrogen-bond donors (Lipinski definition) is 2. The number of anilines is 1. The summed E-state index contributed by atoms with van der Waals surface area (Å²) in [5.41, 5.74) is 4.41. The van der Waals surface area contributed by atoms with Gasteiger partial charge in [-0.2, -0.15) is 0 Å². The van der Waals surface area contributed by atoms with Crippen LogP contribution in [-0.4, -0.2) is 47.7 Å². The van der Waals surface area contributed by atoms with E-state index >= 15 is 0 Å². The van der Waals surface area contributed by atoms with E-state index in [4.69, 9.17) is 14.2 Å². The van der Waals surface area contributed by atoms with Crippen LogP contribution >= 0.6 is 0 Å². The number of fused-ring (bicyclic) bond motifs is 2. The van der Waals surface area contributed by atoms with Crippen molar-refractivity contribution >= 4 is 39.1 Å². The number of carbonyl (C=O) groups is 2. The number of nitrogens with one attached hydrogen (secondary N) is 1. The molecule has 248 valence electrons. The van der Waals surface area contributed by atoms with E-state index < -0.39 is 24.3 Å². The van der Waals surface area contributed by atoms with E-state index in [2.05, 4.69) is 78.8 Å². The molecule has 1 saturated heterocycles. The van der Waals surface area contributed by atoms with Gasteiger partial charge in [0, 0.05) is 37.2 Å². The van der Waals surface area contributed by atoms with Gasteiger partial charge in [0.25, 0.3) is 5.91 Å². The molecule has 5 aromatic carbocycles. The maximum atomic E-state index is 12.7. The van der Waals surface area contributed by atoms with Gasteiger partial charge in [-0.3, -0.25) is 14.5 Å². The summed E-state index contributed by atoms with van der Waals surface area (Å²) < 4.78 is 18.4. The van der Waals surface area contributed by atoms with Crippen molar-refractivity contribution in [3.05, 3.63) is 125 Å². The number of ether oxygens (including phenoxy) is 3. The Bertz CT molecular complexity index is 1850. The summed E-state index contributed by atoms with van der Waals surface area (Å²) in [6, 6.07) is 34.5. The van der Waals surface area contributed by atoms with Crippen LogP contribution in [-0.2, 0) is 37.0 Å². The largest absolute Gasteiger partial charge is 0.453 e. The molecule has 1 aliphatic rings. The number of rotatable bonds is 10. The Kier molecular flexibility index (Phi) is 10.2. The molecular weight excluding hydrogens is 604 g/mol. The van der Waals surface area contributed by atoms with Crippen molar-refractivity contribution in [3.8, 4) is 0 Å². The first kappa shape index (κ1) is 33.3. The lowest BCUT2D eigenvalue weighted by Crippen LogP contribution is -2.43. The molecule has 48 heavy (non-hydrogen) atoms. The van der Waals surface area contributed by atoms with E-state index in [0.29, 0.717) is 12.2 Å². The number of likely N-dealkylation sites (N-methyl/N-ethyl adjacent to an activating group) is 1. The molecule has 0 saturated carbocycles. The number of aliphatic hydroxyl groups is 1. The minimum Gasteiger partial charge on any atom is -0.453 e. The number of benzene rings is 5. The molecule has 6 rings (SSSR count). The van der Waals surface area contributed by atoms with Gasteiger partial charge in [0.05, 0.1) is 18.8 Å². The third kappa shape index (κ3) is 7.42. The van der Waals surface area contributed by atoms with E-state index in [1.807, 2.05) is 42.5 Å². The molecule has 0 aliphatic carbocycles. The Hall–Kier alpha value is -4.60. The molecule has 1 heterocycles. The van der Waals surface area contributed by atoms with Gasteiger partial charge in [0.1, 0.15) is 0 Å². The van der Waals surface area contributed by atoms with Gasteiger partial charge in [-0.15, -0.1) is 0 Å². The molecule has 8 heteroatoms. The van der Waals surface area contributed by atoms with Crippen molar-refractivity contribution in [1.82, 2.24) is 4.90 Å². The maximum Gasteiger partial charge on any atom is 0.303 e. The second-order valence-corrected chi connectivity index (χ2v) is 12.7. The lowest BCUT2D eigenvalue weighted by molar-refractivity contribution is -0.276. The number of esters is 1. The van der Waals surface area contributed by atoms with Gasteiger partial charge < -0.3 is 24.6 Å². The highest BCUT2D eigenvalue weighted by Crippen LogP contribution is 2.42. The van der Waals surface area contributed by atoms with Gasteiger partial charge in [-0.05, 0) is 70.4 Å². The first-order chi connectivity index (χ1) is 23.2. The molecular formula is C40H42N2O6. The molecule has 1 unspecified atom stereocenters. The highest BCUT2D eigenvalue weighted by atomic mass is 16.7. The van der Waals surface area contributed by atoms with Crippen LogP contribution < -0.4 is 5.32 Å². The first-order valence-electron chi connectivity index (χ1n) is 16.4. The average molecular weight is 647 g/mol. The van der Waals surface area contributed by atoms with Crippen LogP contribution in [0.15, 0.2) is 103 Å². The minimum atomic E-state index is -0.931. The molecule has 0 aromatic heterocycles. The van der Waals surface area contributed by atoms with Crippen LogP contribution in [0.4, 0.5) is 5.69 Å². The number of carbonyl (C=O) groups excluding carboxylic acids is 2. The molecule has 8 nitrogen and oxygen atoms in total. The van der Waals surface area contributed by atoms with Gasteiger partial charge in [-0.25, -0.2) is 0 Å². The predicted molar refractivity (Wildman–Crippen MR) is 187 cm³/mol. The SMILES string of the molecule is CC(=O)O[C@@H](C)C(=O)Nc1cccc(C2O[C@H](CN(C)Cc3c4ccccc4cc4ccccc34)[C@H](C)[C@H](c3ccc(CO)cc3)O2)c1. The molecule has 0 spiro atoms. The molecule has 0 radical (unpaired) electrons. The Labute approximate surface area is 281 Å². The molecule has 1 amide bonds. The van der Waals surface area contributed by atoms with Crippen LogP contribution in [0.5, 0.6) is 0 Å². The highest BCUT2D eigenvalue weighted by Gasteiger charge is 2.39. The third-order valence-electron chi connectivity index (χ3n) is 9.06. The lowest BCUT2D eigenvalue weighted by atomic mass is 9.89. The van der Waals surface area contributed by atoms with Gasteiger partial charge in [-0.1, -0.05) is 91.9 Å². The Morgan fingerprint density at radius 2 is 1.54 bits per heavy atom. The van der Waals surface area contributed by atoms with Gasteiger partial charge in [0.15, 0.2) is 12.4 Å². The fraction of sp³-hybridized carbons (Fsp3) is 0.300. The second-order valence-electron chi connectivity index (χ2n) is 12.7. The number of amides is 1.